The quantitative estimate of drug-likeness (QED) is 0.861. The fourth-order valence-electron chi connectivity index (χ4n) is 4.17. The zero-order chi connectivity index (χ0) is 17.2. The highest BCUT2D eigenvalue weighted by atomic mass is 16.2. The van der Waals surface area contributed by atoms with Crippen molar-refractivity contribution in [1.29, 1.82) is 0 Å². The van der Waals surface area contributed by atoms with E-state index in [4.69, 9.17) is 0 Å². The number of likely N-dealkylation sites (tertiary alicyclic amines) is 1. The van der Waals surface area contributed by atoms with Crippen LogP contribution in [0.4, 0.5) is 0 Å². The van der Waals surface area contributed by atoms with Gasteiger partial charge in [0, 0.05) is 37.9 Å². The van der Waals surface area contributed by atoms with Crippen molar-refractivity contribution >= 4 is 5.91 Å². The molecule has 0 atom stereocenters. The smallest absolute Gasteiger partial charge is 0.237 e. The molecule has 1 amide bonds. The van der Waals surface area contributed by atoms with E-state index in [1.807, 2.05) is 22.8 Å². The lowest BCUT2D eigenvalue weighted by atomic mass is 9.93. The molecule has 4 rings (SSSR count). The van der Waals surface area contributed by atoms with E-state index in [2.05, 4.69) is 40.3 Å². The molecule has 1 aromatic carbocycles. The van der Waals surface area contributed by atoms with Crippen LogP contribution in [0.15, 0.2) is 36.5 Å². The monoisotopic (exact) mass is 338 g/mol. The summed E-state index contributed by atoms with van der Waals surface area (Å²) in [5.74, 6) is 0.842. The molecular formula is C20H26N4O. The normalized spacial score (nSPS) is 19.0. The molecule has 0 bridgehead atoms. The summed E-state index contributed by atoms with van der Waals surface area (Å²) >= 11 is 0. The van der Waals surface area contributed by atoms with Crippen molar-refractivity contribution < 1.29 is 4.79 Å². The first-order valence-corrected chi connectivity index (χ1v) is 9.25. The minimum atomic E-state index is 0.272. The van der Waals surface area contributed by atoms with Crippen molar-refractivity contribution in [2.24, 2.45) is 7.05 Å². The predicted molar refractivity (Wildman–Crippen MR) is 97.2 cm³/mol. The molecule has 0 radical (unpaired) electrons. The Morgan fingerprint density at radius 2 is 1.88 bits per heavy atom. The Morgan fingerprint density at radius 1 is 1.12 bits per heavy atom. The lowest BCUT2D eigenvalue weighted by Gasteiger charge is -2.34. The van der Waals surface area contributed by atoms with Gasteiger partial charge in [-0.1, -0.05) is 24.3 Å². The second-order valence-electron chi connectivity index (χ2n) is 7.26. The van der Waals surface area contributed by atoms with Gasteiger partial charge >= 0.3 is 0 Å². The van der Waals surface area contributed by atoms with Crippen LogP contribution in [0.1, 0.15) is 35.6 Å². The molecule has 132 valence electrons. The van der Waals surface area contributed by atoms with Crippen LogP contribution in [0.3, 0.4) is 0 Å². The molecule has 5 heteroatoms. The van der Waals surface area contributed by atoms with Gasteiger partial charge in [0.2, 0.25) is 5.91 Å². The van der Waals surface area contributed by atoms with Gasteiger partial charge in [-0.05, 0) is 49.5 Å². The zero-order valence-corrected chi connectivity index (χ0v) is 14.9. The molecule has 2 aromatic rings. The van der Waals surface area contributed by atoms with Gasteiger partial charge in [0.15, 0.2) is 0 Å². The summed E-state index contributed by atoms with van der Waals surface area (Å²) in [7, 11) is 2.01. The van der Waals surface area contributed by atoms with E-state index < -0.39 is 0 Å². The van der Waals surface area contributed by atoms with E-state index >= 15 is 0 Å². The number of hydrogen-bond donors (Lipinski definition) is 0. The third-order valence-electron chi connectivity index (χ3n) is 5.71. The standard InChI is InChI=1S/C20H26N4O/c1-22-19(6-10-21-22)17-7-11-23(12-8-17)15-20(25)24-13-9-16-4-2-3-5-18(16)14-24/h2-6,10,17H,7-9,11-15H2,1H3. The topological polar surface area (TPSA) is 41.4 Å². The summed E-state index contributed by atoms with van der Waals surface area (Å²) in [5.41, 5.74) is 4.01. The van der Waals surface area contributed by atoms with Crippen LogP contribution >= 0.6 is 0 Å². The first-order valence-electron chi connectivity index (χ1n) is 9.25. The van der Waals surface area contributed by atoms with Gasteiger partial charge in [0.05, 0.1) is 6.54 Å². The Labute approximate surface area is 149 Å². The number of piperidine rings is 1. The number of fused-ring (bicyclic) bond motifs is 1. The Morgan fingerprint density at radius 3 is 2.60 bits per heavy atom. The molecular weight excluding hydrogens is 312 g/mol. The third kappa shape index (κ3) is 3.47. The number of carbonyl (C=O) groups excluding carboxylic acids is 1. The largest absolute Gasteiger partial charge is 0.337 e. The molecule has 0 spiro atoms. The van der Waals surface area contributed by atoms with Crippen LogP contribution in [0.25, 0.3) is 0 Å². The molecule has 1 saturated heterocycles. The van der Waals surface area contributed by atoms with Crippen molar-refractivity contribution in [1.82, 2.24) is 19.6 Å². The summed E-state index contributed by atoms with van der Waals surface area (Å²) in [6, 6.07) is 10.6. The Hall–Kier alpha value is -2.14. The molecule has 3 heterocycles. The number of nitrogens with zero attached hydrogens (tertiary/aromatic N) is 4. The maximum absolute atomic E-state index is 12.7. The molecule has 0 unspecified atom stereocenters. The summed E-state index contributed by atoms with van der Waals surface area (Å²) in [6.07, 6.45) is 5.06. The van der Waals surface area contributed by atoms with E-state index in [-0.39, 0.29) is 5.91 Å². The molecule has 2 aliphatic rings. The van der Waals surface area contributed by atoms with Crippen LogP contribution < -0.4 is 0 Å². The van der Waals surface area contributed by atoms with Crippen molar-refractivity contribution in [2.75, 3.05) is 26.2 Å². The SMILES string of the molecule is Cn1nccc1C1CCN(CC(=O)N2CCc3ccccc3C2)CC1. The van der Waals surface area contributed by atoms with E-state index in [0.29, 0.717) is 12.5 Å². The number of aromatic nitrogens is 2. The highest BCUT2D eigenvalue weighted by Crippen LogP contribution is 2.27. The van der Waals surface area contributed by atoms with Crippen molar-refractivity contribution in [2.45, 2.75) is 31.7 Å². The van der Waals surface area contributed by atoms with Crippen LogP contribution in [0.2, 0.25) is 0 Å². The average molecular weight is 338 g/mol. The average Bonchev–Trinajstić information content (AvgIpc) is 3.08. The fourth-order valence-corrected chi connectivity index (χ4v) is 4.17. The Bertz CT molecular complexity index is 746. The van der Waals surface area contributed by atoms with Gasteiger partial charge in [0.25, 0.3) is 0 Å². The van der Waals surface area contributed by atoms with Gasteiger partial charge in [-0.25, -0.2) is 0 Å². The van der Waals surface area contributed by atoms with Gasteiger partial charge in [-0.3, -0.25) is 14.4 Å². The predicted octanol–water partition coefficient (Wildman–Crippen LogP) is 2.18. The van der Waals surface area contributed by atoms with Crippen LogP contribution in [-0.2, 0) is 24.8 Å². The van der Waals surface area contributed by atoms with E-state index in [0.717, 1.165) is 45.4 Å². The van der Waals surface area contributed by atoms with Gasteiger partial charge in [-0.15, -0.1) is 0 Å². The molecule has 2 aliphatic heterocycles. The van der Waals surface area contributed by atoms with Crippen LogP contribution in [0.5, 0.6) is 0 Å². The highest BCUT2D eigenvalue weighted by Gasteiger charge is 2.26. The molecule has 0 N–H and O–H groups in total. The first kappa shape index (κ1) is 16.3. The number of aryl methyl sites for hydroxylation is 1. The minimum Gasteiger partial charge on any atom is -0.337 e. The van der Waals surface area contributed by atoms with Crippen LogP contribution in [-0.4, -0.2) is 51.7 Å². The van der Waals surface area contributed by atoms with Crippen molar-refractivity contribution in [3.8, 4) is 0 Å². The summed E-state index contributed by atoms with van der Waals surface area (Å²) in [4.78, 5) is 17.0. The van der Waals surface area contributed by atoms with E-state index in [1.54, 1.807) is 0 Å². The second kappa shape index (κ2) is 7.00. The van der Waals surface area contributed by atoms with Crippen molar-refractivity contribution in [3.63, 3.8) is 0 Å². The number of rotatable bonds is 3. The summed E-state index contributed by atoms with van der Waals surface area (Å²) in [5, 5.41) is 4.28. The molecule has 1 fully saturated rings. The van der Waals surface area contributed by atoms with E-state index in [9.17, 15) is 4.79 Å². The molecule has 0 aliphatic carbocycles. The number of benzene rings is 1. The zero-order valence-electron chi connectivity index (χ0n) is 14.9. The Kier molecular flexibility index (Phi) is 4.57. The number of amides is 1. The minimum absolute atomic E-state index is 0.272. The summed E-state index contributed by atoms with van der Waals surface area (Å²) in [6.45, 7) is 4.15. The van der Waals surface area contributed by atoms with E-state index in [1.165, 1.54) is 16.8 Å². The third-order valence-corrected chi connectivity index (χ3v) is 5.71. The first-order chi connectivity index (χ1) is 12.2. The highest BCUT2D eigenvalue weighted by molar-refractivity contribution is 5.78. The van der Waals surface area contributed by atoms with Crippen LogP contribution in [0, 0.1) is 0 Å². The maximum atomic E-state index is 12.7. The number of hydrogen-bond acceptors (Lipinski definition) is 3. The van der Waals surface area contributed by atoms with Gasteiger partial charge < -0.3 is 4.90 Å². The maximum Gasteiger partial charge on any atom is 0.237 e. The lowest BCUT2D eigenvalue weighted by molar-refractivity contribution is -0.133. The van der Waals surface area contributed by atoms with Crippen molar-refractivity contribution in [3.05, 3.63) is 53.3 Å². The molecule has 1 aromatic heterocycles. The number of carbonyl (C=O) groups is 1. The summed E-state index contributed by atoms with van der Waals surface area (Å²) < 4.78 is 1.98. The van der Waals surface area contributed by atoms with Gasteiger partial charge in [0.1, 0.15) is 0 Å². The Balaban J connectivity index is 1.30. The fraction of sp³-hybridized carbons (Fsp3) is 0.500. The lowest BCUT2D eigenvalue weighted by Crippen LogP contribution is -2.44. The molecule has 0 saturated carbocycles. The van der Waals surface area contributed by atoms with Gasteiger partial charge in [-0.2, -0.15) is 5.10 Å². The second-order valence-corrected chi connectivity index (χ2v) is 7.26. The molecule has 5 nitrogen and oxygen atoms in total. The molecule has 25 heavy (non-hydrogen) atoms.